The molecular weight excluding hydrogens is 146 g/mol. The Morgan fingerprint density at radius 3 is 3.00 bits per heavy atom. The Hall–Kier alpha value is -0.870. The van der Waals surface area contributed by atoms with E-state index in [-0.39, 0.29) is 0 Å². The molecule has 0 radical (unpaired) electrons. The van der Waals surface area contributed by atoms with E-state index in [1.807, 2.05) is 6.92 Å². The van der Waals surface area contributed by atoms with Gasteiger partial charge in [-0.1, -0.05) is 6.08 Å². The van der Waals surface area contributed by atoms with Crippen LogP contribution in [0.1, 0.15) is 6.92 Å². The second-order valence-corrected chi connectivity index (χ2v) is 2.65. The zero-order chi connectivity index (χ0) is 8.43. The van der Waals surface area contributed by atoms with Gasteiger partial charge < -0.3 is 15.6 Å². The average Bonchev–Trinajstić information content (AvgIpc) is 2.34. The summed E-state index contributed by atoms with van der Waals surface area (Å²) in [5, 5.41) is 8.49. The summed E-state index contributed by atoms with van der Waals surface area (Å²) in [6, 6.07) is -0.938. The van der Waals surface area contributed by atoms with Crippen LogP contribution in [0.2, 0.25) is 0 Å². The topological polar surface area (TPSA) is 72.6 Å². The Bertz CT molecular complexity index is 200. The lowest BCUT2D eigenvalue weighted by molar-refractivity contribution is -0.140. The molecule has 1 rings (SSSR count). The Kier molecular flexibility index (Phi) is 2.26. The van der Waals surface area contributed by atoms with Crippen LogP contribution in [0.3, 0.4) is 0 Å². The normalized spacial score (nSPS) is 26.4. The van der Waals surface area contributed by atoms with Gasteiger partial charge in [0, 0.05) is 0 Å². The maximum atomic E-state index is 10.4. The molecule has 0 amide bonds. The van der Waals surface area contributed by atoms with E-state index >= 15 is 0 Å². The number of hydrogen-bond acceptors (Lipinski definition) is 3. The number of rotatable bonds is 2. The molecule has 4 heteroatoms. The predicted octanol–water partition coefficient (Wildman–Crippen LogP) is -0.257. The molecule has 4 nitrogen and oxygen atoms in total. The van der Waals surface area contributed by atoms with Crippen LogP contribution in [0.5, 0.6) is 0 Å². The molecule has 0 fully saturated rings. The molecule has 0 spiro atoms. The molecule has 0 saturated heterocycles. The Morgan fingerprint density at radius 2 is 2.64 bits per heavy atom. The highest BCUT2D eigenvalue weighted by atomic mass is 16.5. The molecule has 2 atom stereocenters. The van der Waals surface area contributed by atoms with Gasteiger partial charge in [-0.3, -0.25) is 4.79 Å². The zero-order valence-electron chi connectivity index (χ0n) is 6.28. The third-order valence-corrected chi connectivity index (χ3v) is 1.59. The van der Waals surface area contributed by atoms with Gasteiger partial charge in [-0.25, -0.2) is 0 Å². The number of nitrogens with two attached hydrogens (primary N) is 1. The van der Waals surface area contributed by atoms with Crippen LogP contribution in [0.25, 0.3) is 0 Å². The quantitative estimate of drug-likeness (QED) is 0.542. The standard InChI is InChI=1S/C7H11NO3/c1-4-2-5(11-3-4)6(8)7(9)10/h2,5-6H,3,8H2,1H3,(H,9,10)/t5-,6+/m1/s1. The molecule has 3 N–H and O–H groups in total. The van der Waals surface area contributed by atoms with E-state index in [0.29, 0.717) is 6.61 Å². The van der Waals surface area contributed by atoms with E-state index in [1.54, 1.807) is 6.08 Å². The molecule has 1 heterocycles. The van der Waals surface area contributed by atoms with Crippen LogP contribution in [-0.4, -0.2) is 29.8 Å². The lowest BCUT2D eigenvalue weighted by atomic mass is 10.1. The van der Waals surface area contributed by atoms with Gasteiger partial charge in [0.25, 0.3) is 0 Å². The minimum Gasteiger partial charge on any atom is -0.480 e. The number of hydrogen-bond donors (Lipinski definition) is 2. The van der Waals surface area contributed by atoms with Crippen molar-refractivity contribution in [3.8, 4) is 0 Å². The molecule has 1 aliphatic rings. The van der Waals surface area contributed by atoms with Crippen LogP contribution >= 0.6 is 0 Å². The van der Waals surface area contributed by atoms with Crippen LogP contribution in [0, 0.1) is 0 Å². The van der Waals surface area contributed by atoms with E-state index in [1.165, 1.54) is 0 Å². The fourth-order valence-electron chi connectivity index (χ4n) is 0.952. The van der Waals surface area contributed by atoms with Crippen molar-refractivity contribution in [2.45, 2.75) is 19.1 Å². The molecule has 0 bridgehead atoms. The monoisotopic (exact) mass is 157 g/mol. The van der Waals surface area contributed by atoms with Gasteiger partial charge in [0.1, 0.15) is 12.1 Å². The first kappa shape index (κ1) is 8.23. The molecule has 0 saturated carbocycles. The molecule has 0 aromatic heterocycles. The van der Waals surface area contributed by atoms with Gasteiger partial charge in [-0.2, -0.15) is 0 Å². The summed E-state index contributed by atoms with van der Waals surface area (Å²) < 4.78 is 5.09. The number of carboxylic acids is 1. The largest absolute Gasteiger partial charge is 0.480 e. The van der Waals surface area contributed by atoms with Crippen molar-refractivity contribution in [2.75, 3.05) is 6.61 Å². The summed E-state index contributed by atoms with van der Waals surface area (Å²) in [5.74, 6) is -1.03. The number of carbonyl (C=O) groups is 1. The minimum atomic E-state index is -1.03. The SMILES string of the molecule is CC1=C[C@H]([C@H](N)C(=O)O)OC1. The second-order valence-electron chi connectivity index (χ2n) is 2.65. The molecular formula is C7H11NO3. The van der Waals surface area contributed by atoms with Gasteiger partial charge in [0.2, 0.25) is 0 Å². The predicted molar refractivity (Wildman–Crippen MR) is 39.1 cm³/mol. The van der Waals surface area contributed by atoms with E-state index in [0.717, 1.165) is 5.57 Å². The first-order valence-corrected chi connectivity index (χ1v) is 3.38. The average molecular weight is 157 g/mol. The number of carboxylic acid groups (broad SMARTS) is 1. The van der Waals surface area contributed by atoms with Gasteiger partial charge >= 0.3 is 5.97 Å². The van der Waals surface area contributed by atoms with Crippen molar-refractivity contribution in [3.05, 3.63) is 11.6 Å². The molecule has 62 valence electrons. The fraction of sp³-hybridized carbons (Fsp3) is 0.571. The molecule has 0 aliphatic carbocycles. The third-order valence-electron chi connectivity index (χ3n) is 1.59. The maximum absolute atomic E-state index is 10.4. The Balaban J connectivity index is 2.56. The van der Waals surface area contributed by atoms with Gasteiger partial charge in [-0.15, -0.1) is 0 Å². The molecule has 0 aromatic rings. The van der Waals surface area contributed by atoms with E-state index in [2.05, 4.69) is 0 Å². The fourth-order valence-corrected chi connectivity index (χ4v) is 0.952. The van der Waals surface area contributed by atoms with E-state index in [4.69, 9.17) is 15.6 Å². The number of ether oxygens (including phenoxy) is 1. The van der Waals surface area contributed by atoms with E-state index < -0.39 is 18.1 Å². The van der Waals surface area contributed by atoms with Crippen LogP contribution in [-0.2, 0) is 9.53 Å². The zero-order valence-corrected chi connectivity index (χ0v) is 6.28. The van der Waals surface area contributed by atoms with Crippen LogP contribution < -0.4 is 5.73 Å². The summed E-state index contributed by atoms with van der Waals surface area (Å²) in [6.07, 6.45) is 1.30. The first-order chi connectivity index (χ1) is 5.11. The van der Waals surface area contributed by atoms with Gasteiger partial charge in [0.15, 0.2) is 0 Å². The lowest BCUT2D eigenvalue weighted by Crippen LogP contribution is -2.40. The number of aliphatic carboxylic acids is 1. The van der Waals surface area contributed by atoms with Crippen molar-refractivity contribution in [2.24, 2.45) is 5.73 Å². The highest BCUT2D eigenvalue weighted by Gasteiger charge is 2.26. The first-order valence-electron chi connectivity index (χ1n) is 3.38. The third kappa shape index (κ3) is 1.78. The van der Waals surface area contributed by atoms with Crippen molar-refractivity contribution >= 4 is 5.97 Å². The van der Waals surface area contributed by atoms with Crippen molar-refractivity contribution in [1.82, 2.24) is 0 Å². The molecule has 1 aliphatic heterocycles. The summed E-state index contributed by atoms with van der Waals surface area (Å²) >= 11 is 0. The van der Waals surface area contributed by atoms with Crippen LogP contribution in [0.4, 0.5) is 0 Å². The van der Waals surface area contributed by atoms with Crippen molar-refractivity contribution < 1.29 is 14.6 Å². The Morgan fingerprint density at radius 1 is 2.00 bits per heavy atom. The summed E-state index contributed by atoms with van der Waals surface area (Å²) in [4.78, 5) is 10.4. The summed E-state index contributed by atoms with van der Waals surface area (Å²) in [5.41, 5.74) is 6.35. The van der Waals surface area contributed by atoms with Crippen molar-refractivity contribution in [1.29, 1.82) is 0 Å². The van der Waals surface area contributed by atoms with Gasteiger partial charge in [0.05, 0.1) is 6.61 Å². The van der Waals surface area contributed by atoms with E-state index in [9.17, 15) is 4.79 Å². The second kappa shape index (κ2) is 3.02. The molecule has 11 heavy (non-hydrogen) atoms. The summed E-state index contributed by atoms with van der Waals surface area (Å²) in [7, 11) is 0. The Labute approximate surface area is 64.6 Å². The molecule has 0 aromatic carbocycles. The highest BCUT2D eigenvalue weighted by molar-refractivity contribution is 5.74. The molecule has 0 unspecified atom stereocenters. The van der Waals surface area contributed by atoms with Crippen molar-refractivity contribution in [3.63, 3.8) is 0 Å². The van der Waals surface area contributed by atoms with Crippen LogP contribution in [0.15, 0.2) is 11.6 Å². The smallest absolute Gasteiger partial charge is 0.323 e. The maximum Gasteiger partial charge on any atom is 0.323 e. The highest BCUT2D eigenvalue weighted by Crippen LogP contribution is 2.12. The lowest BCUT2D eigenvalue weighted by Gasteiger charge is -2.11. The minimum absolute atomic E-state index is 0.451. The summed E-state index contributed by atoms with van der Waals surface area (Å²) in [6.45, 7) is 2.38. The van der Waals surface area contributed by atoms with Gasteiger partial charge in [-0.05, 0) is 12.5 Å².